The van der Waals surface area contributed by atoms with Crippen LogP contribution in [0, 0.1) is 29.1 Å². The van der Waals surface area contributed by atoms with Crippen LogP contribution < -0.4 is 0 Å². The van der Waals surface area contributed by atoms with E-state index in [2.05, 4.69) is 39.0 Å². The predicted molar refractivity (Wildman–Crippen MR) is 104 cm³/mol. The first-order chi connectivity index (χ1) is 11.7. The fourth-order valence-corrected chi connectivity index (χ4v) is 7.33. The highest BCUT2D eigenvalue weighted by molar-refractivity contribution is 5.34. The molecule has 24 heavy (non-hydrogen) atoms. The first kappa shape index (κ1) is 16.7. The SMILES string of the molecule is C/C=C\C1CCC2C3CCC4=C(CC=C(CC)C4)C3CCC12CC. The minimum absolute atomic E-state index is 0.644. The average Bonchev–Trinajstić information content (AvgIpc) is 3.00. The van der Waals surface area contributed by atoms with Crippen molar-refractivity contribution in [3.63, 3.8) is 0 Å². The van der Waals surface area contributed by atoms with Gasteiger partial charge in [-0.1, -0.05) is 48.8 Å². The van der Waals surface area contributed by atoms with Gasteiger partial charge in [-0.2, -0.15) is 0 Å². The Morgan fingerprint density at radius 3 is 2.79 bits per heavy atom. The Kier molecular flexibility index (Phi) is 4.52. The van der Waals surface area contributed by atoms with E-state index in [1.807, 2.05) is 11.1 Å². The molecule has 0 heteroatoms. The van der Waals surface area contributed by atoms with E-state index in [4.69, 9.17) is 0 Å². The Morgan fingerprint density at radius 1 is 1.17 bits per heavy atom. The molecule has 0 aromatic rings. The van der Waals surface area contributed by atoms with Crippen molar-refractivity contribution in [3.8, 4) is 0 Å². The van der Waals surface area contributed by atoms with Crippen LogP contribution in [0.1, 0.15) is 85.0 Å². The molecular weight excluding hydrogens is 288 g/mol. The third-order valence-electron chi connectivity index (χ3n) is 8.49. The fraction of sp³-hybridized carbons (Fsp3) is 0.750. The summed E-state index contributed by atoms with van der Waals surface area (Å²) in [6.45, 7) is 7.04. The molecule has 0 radical (unpaired) electrons. The van der Waals surface area contributed by atoms with Crippen LogP contribution in [0.15, 0.2) is 34.9 Å². The molecule has 0 spiro atoms. The van der Waals surface area contributed by atoms with Gasteiger partial charge in [0.15, 0.2) is 0 Å². The van der Waals surface area contributed by atoms with Gasteiger partial charge in [0.2, 0.25) is 0 Å². The second kappa shape index (κ2) is 6.50. The molecule has 5 atom stereocenters. The van der Waals surface area contributed by atoms with Gasteiger partial charge in [-0.15, -0.1) is 0 Å². The van der Waals surface area contributed by atoms with Gasteiger partial charge in [0.25, 0.3) is 0 Å². The molecule has 4 aliphatic carbocycles. The van der Waals surface area contributed by atoms with Gasteiger partial charge in [-0.25, -0.2) is 0 Å². The molecule has 4 rings (SSSR count). The van der Waals surface area contributed by atoms with E-state index in [1.165, 1.54) is 64.2 Å². The molecule has 0 nitrogen and oxygen atoms in total. The zero-order valence-electron chi connectivity index (χ0n) is 16.1. The number of fused-ring (bicyclic) bond motifs is 4. The Bertz CT molecular complexity index is 575. The summed E-state index contributed by atoms with van der Waals surface area (Å²) >= 11 is 0. The molecule has 0 aromatic heterocycles. The van der Waals surface area contributed by atoms with Crippen LogP contribution in [0.25, 0.3) is 0 Å². The lowest BCUT2D eigenvalue weighted by Gasteiger charge is -2.53. The van der Waals surface area contributed by atoms with Crippen molar-refractivity contribution in [2.75, 3.05) is 0 Å². The lowest BCUT2D eigenvalue weighted by molar-refractivity contribution is 0.00740. The van der Waals surface area contributed by atoms with E-state index >= 15 is 0 Å². The Hall–Kier alpha value is -0.780. The van der Waals surface area contributed by atoms with Crippen LogP contribution in [0.3, 0.4) is 0 Å². The van der Waals surface area contributed by atoms with Crippen molar-refractivity contribution in [1.82, 2.24) is 0 Å². The number of hydrogen-bond donors (Lipinski definition) is 0. The van der Waals surface area contributed by atoms with Crippen LogP contribution >= 0.6 is 0 Å². The maximum atomic E-state index is 2.58. The van der Waals surface area contributed by atoms with Crippen LogP contribution in [0.2, 0.25) is 0 Å². The van der Waals surface area contributed by atoms with Crippen molar-refractivity contribution in [1.29, 1.82) is 0 Å². The largest absolute Gasteiger partial charge is 0.0914 e. The van der Waals surface area contributed by atoms with Gasteiger partial charge in [-0.3, -0.25) is 0 Å². The van der Waals surface area contributed by atoms with Crippen LogP contribution in [0.5, 0.6) is 0 Å². The monoisotopic (exact) mass is 324 g/mol. The van der Waals surface area contributed by atoms with Gasteiger partial charge in [-0.05, 0) is 100 Å². The maximum absolute atomic E-state index is 2.58. The van der Waals surface area contributed by atoms with E-state index in [0.717, 1.165) is 23.7 Å². The summed E-state index contributed by atoms with van der Waals surface area (Å²) in [7, 11) is 0. The highest BCUT2D eigenvalue weighted by Gasteiger charge is 2.55. The van der Waals surface area contributed by atoms with Crippen molar-refractivity contribution < 1.29 is 0 Å². The van der Waals surface area contributed by atoms with E-state index in [-0.39, 0.29) is 0 Å². The molecule has 2 fully saturated rings. The summed E-state index contributed by atoms with van der Waals surface area (Å²) in [5.74, 6) is 3.82. The fourth-order valence-electron chi connectivity index (χ4n) is 7.33. The maximum Gasteiger partial charge on any atom is -0.0106 e. The third-order valence-corrected chi connectivity index (χ3v) is 8.49. The van der Waals surface area contributed by atoms with Gasteiger partial charge in [0.05, 0.1) is 0 Å². The van der Waals surface area contributed by atoms with Gasteiger partial charge in [0, 0.05) is 0 Å². The Balaban J connectivity index is 1.61. The van der Waals surface area contributed by atoms with Gasteiger partial charge < -0.3 is 0 Å². The molecule has 0 aromatic carbocycles. The van der Waals surface area contributed by atoms with Crippen LogP contribution in [-0.4, -0.2) is 0 Å². The highest BCUT2D eigenvalue weighted by atomic mass is 14.6. The molecule has 0 amide bonds. The molecule has 0 bridgehead atoms. The number of allylic oxidation sites excluding steroid dienone is 6. The quantitative estimate of drug-likeness (QED) is 0.480. The van der Waals surface area contributed by atoms with Crippen LogP contribution in [0.4, 0.5) is 0 Å². The zero-order valence-corrected chi connectivity index (χ0v) is 16.1. The molecule has 0 heterocycles. The molecule has 0 aliphatic heterocycles. The molecule has 5 unspecified atom stereocenters. The zero-order chi connectivity index (χ0) is 16.7. The lowest BCUT2D eigenvalue weighted by Crippen LogP contribution is -2.44. The summed E-state index contributed by atoms with van der Waals surface area (Å²) in [6.07, 6.45) is 21.6. The number of rotatable bonds is 3. The summed E-state index contributed by atoms with van der Waals surface area (Å²) in [5, 5.41) is 0. The third kappa shape index (κ3) is 2.39. The molecule has 2 saturated carbocycles. The minimum Gasteiger partial charge on any atom is -0.0914 e. The Morgan fingerprint density at radius 2 is 2.04 bits per heavy atom. The second-order valence-electron chi connectivity index (χ2n) is 8.98. The summed E-state index contributed by atoms with van der Waals surface area (Å²) in [6, 6.07) is 0. The van der Waals surface area contributed by atoms with E-state index in [9.17, 15) is 0 Å². The summed E-state index contributed by atoms with van der Waals surface area (Å²) in [5.41, 5.74) is 6.12. The molecule has 0 saturated heterocycles. The lowest BCUT2D eigenvalue weighted by atomic mass is 9.52. The predicted octanol–water partition coefficient (Wildman–Crippen LogP) is 7.23. The van der Waals surface area contributed by atoms with Crippen molar-refractivity contribution in [3.05, 3.63) is 34.9 Å². The van der Waals surface area contributed by atoms with Gasteiger partial charge >= 0.3 is 0 Å². The average molecular weight is 325 g/mol. The van der Waals surface area contributed by atoms with Crippen molar-refractivity contribution in [2.24, 2.45) is 29.1 Å². The molecule has 0 N–H and O–H groups in total. The smallest absolute Gasteiger partial charge is 0.0106 e. The normalized spacial score (nSPS) is 41.9. The van der Waals surface area contributed by atoms with Gasteiger partial charge in [0.1, 0.15) is 0 Å². The molecule has 4 aliphatic rings. The van der Waals surface area contributed by atoms with Crippen molar-refractivity contribution >= 4 is 0 Å². The Labute approximate surface area is 149 Å². The molecule has 132 valence electrons. The first-order valence-electron chi connectivity index (χ1n) is 10.7. The second-order valence-corrected chi connectivity index (χ2v) is 8.98. The molecular formula is C24H36. The number of hydrogen-bond acceptors (Lipinski definition) is 0. The standard InChI is InChI=1S/C24H36/c1-4-7-19-10-13-23-22-12-9-18-16-17(5-2)8-11-20(18)21(22)14-15-24(19,23)6-3/h4,7-8,19,21-23H,5-6,9-16H2,1-3H3/b7-4-. The highest BCUT2D eigenvalue weighted by Crippen LogP contribution is 2.64. The summed E-state index contributed by atoms with van der Waals surface area (Å²) in [4.78, 5) is 0. The van der Waals surface area contributed by atoms with E-state index < -0.39 is 0 Å². The van der Waals surface area contributed by atoms with E-state index in [0.29, 0.717) is 5.41 Å². The first-order valence-corrected chi connectivity index (χ1v) is 10.7. The van der Waals surface area contributed by atoms with Crippen molar-refractivity contribution in [2.45, 2.75) is 85.0 Å². The topological polar surface area (TPSA) is 0 Å². The van der Waals surface area contributed by atoms with Crippen LogP contribution in [-0.2, 0) is 0 Å². The summed E-state index contributed by atoms with van der Waals surface area (Å²) < 4.78 is 0. The minimum atomic E-state index is 0.644. The van der Waals surface area contributed by atoms with E-state index in [1.54, 1.807) is 5.57 Å².